The third-order valence-corrected chi connectivity index (χ3v) is 12.3. The molecule has 0 unspecified atom stereocenters. The molecule has 5 rings (SSSR count). The maximum Gasteiger partial charge on any atom is 0.673 e. The largest absolute Gasteiger partial charge is 0.673 e. The molecule has 3 aromatic carbocycles. The Hall–Kier alpha value is -3.24. The summed E-state index contributed by atoms with van der Waals surface area (Å²) in [5.74, 6) is 1.11. The summed E-state index contributed by atoms with van der Waals surface area (Å²) in [6, 6.07) is 32.1. The number of hydrogen-bond acceptors (Lipinski definition) is 2. The molecule has 4 aromatic rings. The van der Waals surface area contributed by atoms with Gasteiger partial charge in [0.05, 0.1) is 0 Å². The average molecular weight is 570 g/mol. The fourth-order valence-electron chi connectivity index (χ4n) is 5.00. The summed E-state index contributed by atoms with van der Waals surface area (Å²) in [6.07, 6.45) is 4.07. The van der Waals surface area contributed by atoms with E-state index in [4.69, 9.17) is 9.52 Å². The smallest absolute Gasteiger partial charge is 0.418 e. The topological polar surface area (TPSA) is 30.9 Å². The maximum absolute atomic E-state index is 9.75. The molecule has 0 bridgehead atoms. The van der Waals surface area contributed by atoms with Gasteiger partial charge >= 0.3 is 7.25 Å². The molecule has 0 amide bonds. The minimum atomic E-state index is -6.00. The molecule has 0 saturated heterocycles. The standard InChI is InChI=1S/C30H36N3OSi.BF4/c1-29(2,3)35(4,5)34-30(24-15-9-6-10-16-24,25-17-11-7-12-18-25)27-21-22-28-31-33(23-32(27)28)26-19-13-8-14-20-26;2-1(3,4)5/h6-20,23,27H,21-22H2,1-5H3;/q+1;-1/t27-;/m1./s1. The summed E-state index contributed by atoms with van der Waals surface area (Å²) in [5, 5.41) is 5.06. The number of aryl methyl sites for hydroxylation is 1. The van der Waals surface area contributed by atoms with Crippen molar-refractivity contribution in [3.63, 3.8) is 0 Å². The Labute approximate surface area is 234 Å². The average Bonchev–Trinajstić information content (AvgIpc) is 3.49. The van der Waals surface area contributed by atoms with Crippen LogP contribution in [0, 0.1) is 0 Å². The summed E-state index contributed by atoms with van der Waals surface area (Å²) in [7, 11) is -8.19. The lowest BCUT2D eigenvalue weighted by molar-refractivity contribution is -0.730. The lowest BCUT2D eigenvalue weighted by Gasteiger charge is -2.48. The van der Waals surface area contributed by atoms with E-state index in [9.17, 15) is 17.3 Å². The number of aromatic nitrogens is 3. The van der Waals surface area contributed by atoms with Crippen molar-refractivity contribution in [1.29, 1.82) is 0 Å². The van der Waals surface area contributed by atoms with E-state index in [2.05, 4.69) is 130 Å². The van der Waals surface area contributed by atoms with Crippen molar-refractivity contribution in [2.75, 3.05) is 0 Å². The van der Waals surface area contributed by atoms with Crippen molar-refractivity contribution in [1.82, 2.24) is 9.78 Å². The normalized spacial score (nSPS) is 15.8. The summed E-state index contributed by atoms with van der Waals surface area (Å²) in [5.41, 5.74) is 2.86. The number of hydrogen-bond donors (Lipinski definition) is 0. The van der Waals surface area contributed by atoms with Crippen LogP contribution in [0.5, 0.6) is 0 Å². The Morgan fingerprint density at radius 3 is 1.73 bits per heavy atom. The number of halogens is 4. The SMILES string of the molecule is CC(C)(C)[Si](C)(C)OC(c1ccccc1)(c1ccccc1)[C@H]1CCc2nn(-c3ccccc3)c[n+]21.F[B-](F)(F)F. The third kappa shape index (κ3) is 6.39. The first-order valence-electron chi connectivity index (χ1n) is 13.5. The summed E-state index contributed by atoms with van der Waals surface area (Å²) in [4.78, 5) is 0. The van der Waals surface area contributed by atoms with Crippen molar-refractivity contribution in [2.45, 2.75) is 63.4 Å². The molecule has 0 radical (unpaired) electrons. The monoisotopic (exact) mass is 569 g/mol. The predicted octanol–water partition coefficient (Wildman–Crippen LogP) is 7.91. The van der Waals surface area contributed by atoms with Crippen LogP contribution in [-0.2, 0) is 16.4 Å². The molecule has 1 aromatic heterocycles. The molecule has 10 heteroatoms. The minimum Gasteiger partial charge on any atom is -0.418 e. The van der Waals surface area contributed by atoms with Gasteiger partial charge in [0.2, 0.25) is 6.33 Å². The van der Waals surface area contributed by atoms with E-state index in [1.54, 1.807) is 0 Å². The van der Waals surface area contributed by atoms with Crippen molar-refractivity contribution in [3.8, 4) is 5.69 Å². The zero-order chi connectivity index (χ0) is 29.2. The Morgan fingerprint density at radius 1 is 0.825 bits per heavy atom. The van der Waals surface area contributed by atoms with Crippen molar-refractivity contribution in [2.24, 2.45) is 0 Å². The fraction of sp³-hybridized carbons (Fsp3) is 0.333. The molecule has 2 heterocycles. The van der Waals surface area contributed by atoms with E-state index in [1.807, 2.05) is 10.7 Å². The molecule has 0 spiro atoms. The van der Waals surface area contributed by atoms with E-state index >= 15 is 0 Å². The zero-order valence-electron chi connectivity index (χ0n) is 23.6. The number of benzene rings is 3. The number of para-hydroxylation sites is 1. The van der Waals surface area contributed by atoms with Gasteiger partial charge in [-0.25, -0.2) is 4.57 Å². The number of rotatable bonds is 6. The zero-order valence-corrected chi connectivity index (χ0v) is 24.6. The Balaban J connectivity index is 0.000000681. The quantitative estimate of drug-likeness (QED) is 0.134. The van der Waals surface area contributed by atoms with Gasteiger partial charge in [0, 0.05) is 11.5 Å². The van der Waals surface area contributed by atoms with Gasteiger partial charge < -0.3 is 21.7 Å². The lowest BCUT2D eigenvalue weighted by Crippen LogP contribution is -2.57. The van der Waals surface area contributed by atoms with Crippen LogP contribution < -0.4 is 4.57 Å². The van der Waals surface area contributed by atoms with Crippen LogP contribution in [0.1, 0.15) is 50.2 Å². The van der Waals surface area contributed by atoms with Gasteiger partial charge in [-0.15, -0.1) is 0 Å². The van der Waals surface area contributed by atoms with Crippen LogP contribution in [0.4, 0.5) is 17.3 Å². The predicted molar refractivity (Wildman–Crippen MR) is 153 cm³/mol. The highest BCUT2D eigenvalue weighted by atomic mass is 28.4. The highest BCUT2D eigenvalue weighted by Gasteiger charge is 2.55. The second-order valence-electron chi connectivity index (χ2n) is 11.6. The summed E-state index contributed by atoms with van der Waals surface area (Å²) < 4.78 is 51.0. The van der Waals surface area contributed by atoms with E-state index < -0.39 is 21.2 Å². The summed E-state index contributed by atoms with van der Waals surface area (Å²) in [6.45, 7) is 11.7. The first kappa shape index (κ1) is 29.7. The molecule has 4 nitrogen and oxygen atoms in total. The fourth-order valence-corrected chi connectivity index (χ4v) is 6.48. The lowest BCUT2D eigenvalue weighted by atomic mass is 9.79. The highest BCUT2D eigenvalue weighted by Crippen LogP contribution is 2.50. The van der Waals surface area contributed by atoms with Crippen molar-refractivity contribution >= 4 is 15.6 Å². The Bertz CT molecular complexity index is 1350. The number of nitrogens with zero attached hydrogens (tertiary/aromatic N) is 3. The third-order valence-electron chi connectivity index (χ3n) is 7.85. The summed E-state index contributed by atoms with van der Waals surface area (Å²) >= 11 is 0. The van der Waals surface area contributed by atoms with Crippen LogP contribution in [0.25, 0.3) is 5.69 Å². The van der Waals surface area contributed by atoms with Crippen molar-refractivity contribution in [3.05, 3.63) is 114 Å². The van der Waals surface area contributed by atoms with Gasteiger partial charge in [0.1, 0.15) is 17.3 Å². The van der Waals surface area contributed by atoms with Crippen LogP contribution >= 0.6 is 0 Å². The maximum atomic E-state index is 9.75. The molecule has 1 atom stereocenters. The first-order valence-corrected chi connectivity index (χ1v) is 16.4. The van der Waals surface area contributed by atoms with Crippen LogP contribution in [0.3, 0.4) is 0 Å². The molecule has 0 N–H and O–H groups in total. The molecule has 0 aliphatic carbocycles. The molecule has 0 saturated carbocycles. The van der Waals surface area contributed by atoms with Gasteiger partial charge in [-0.2, -0.15) is 0 Å². The molecule has 40 heavy (non-hydrogen) atoms. The van der Waals surface area contributed by atoms with E-state index in [0.29, 0.717) is 0 Å². The Kier molecular flexibility index (Phi) is 8.42. The first-order chi connectivity index (χ1) is 18.7. The van der Waals surface area contributed by atoms with Crippen LogP contribution in [0.15, 0.2) is 97.3 Å². The van der Waals surface area contributed by atoms with E-state index in [1.165, 1.54) is 11.1 Å². The molecule has 1 aliphatic heterocycles. The van der Waals surface area contributed by atoms with Crippen LogP contribution in [0.2, 0.25) is 18.1 Å². The molecular formula is C30H36BF4N3OSi. The highest BCUT2D eigenvalue weighted by molar-refractivity contribution is 6.74. The second kappa shape index (κ2) is 11.3. The van der Waals surface area contributed by atoms with E-state index in [0.717, 1.165) is 24.4 Å². The van der Waals surface area contributed by atoms with Gasteiger partial charge in [-0.05, 0) is 47.8 Å². The van der Waals surface area contributed by atoms with Crippen molar-refractivity contribution < 1.29 is 26.3 Å². The van der Waals surface area contributed by atoms with Gasteiger partial charge in [0.15, 0.2) is 8.32 Å². The molecule has 1 aliphatic rings. The molecule has 212 valence electrons. The minimum absolute atomic E-state index is 0.0716. The van der Waals surface area contributed by atoms with Crippen LogP contribution in [-0.4, -0.2) is 25.4 Å². The molecular weight excluding hydrogens is 533 g/mol. The van der Waals surface area contributed by atoms with Gasteiger partial charge in [-0.1, -0.05) is 104 Å². The second-order valence-corrected chi connectivity index (χ2v) is 16.3. The number of fused-ring (bicyclic) bond motifs is 1. The molecule has 0 fully saturated rings. The van der Waals surface area contributed by atoms with E-state index in [-0.39, 0.29) is 11.1 Å². The Morgan fingerprint density at radius 2 is 1.27 bits per heavy atom. The van der Waals surface area contributed by atoms with Gasteiger partial charge in [-0.3, -0.25) is 0 Å². The van der Waals surface area contributed by atoms with Gasteiger partial charge in [0.25, 0.3) is 5.82 Å².